The summed E-state index contributed by atoms with van der Waals surface area (Å²) in [4.78, 5) is 12.7. The monoisotopic (exact) mass is 369 g/mol. The Bertz CT molecular complexity index is 990. The van der Waals surface area contributed by atoms with Crippen molar-refractivity contribution in [3.05, 3.63) is 76.2 Å². The van der Waals surface area contributed by atoms with Gasteiger partial charge < -0.3 is 4.74 Å². The fraction of sp³-hybridized carbons (Fsp3) is 0.263. The van der Waals surface area contributed by atoms with E-state index in [4.69, 9.17) is 4.74 Å². The first-order valence-electron chi connectivity index (χ1n) is 8.69. The van der Waals surface area contributed by atoms with Crippen molar-refractivity contribution in [3.8, 4) is 11.4 Å². The van der Waals surface area contributed by atoms with Gasteiger partial charge >= 0.3 is 5.69 Å². The van der Waals surface area contributed by atoms with Gasteiger partial charge in [-0.05, 0) is 23.8 Å². The van der Waals surface area contributed by atoms with Gasteiger partial charge in [0, 0.05) is 24.6 Å². The zero-order valence-corrected chi connectivity index (χ0v) is 14.9. The SMILES string of the molecule is COc1cccc(Cn2cnn(-c3ccc(C4CNNC4)cc3)c2=O)c1F. The predicted molar refractivity (Wildman–Crippen MR) is 98.6 cm³/mol. The Morgan fingerprint density at radius 2 is 1.93 bits per heavy atom. The van der Waals surface area contributed by atoms with Crippen LogP contribution < -0.4 is 21.3 Å². The maximum absolute atomic E-state index is 14.3. The van der Waals surface area contributed by atoms with Crippen molar-refractivity contribution in [1.82, 2.24) is 25.2 Å². The van der Waals surface area contributed by atoms with E-state index < -0.39 is 5.82 Å². The highest BCUT2D eigenvalue weighted by molar-refractivity contribution is 5.35. The molecule has 3 aromatic rings. The maximum Gasteiger partial charge on any atom is 0.350 e. The second kappa shape index (κ2) is 7.34. The molecule has 1 saturated heterocycles. The van der Waals surface area contributed by atoms with Crippen molar-refractivity contribution in [2.45, 2.75) is 12.5 Å². The van der Waals surface area contributed by atoms with Crippen LogP contribution in [0.5, 0.6) is 5.75 Å². The van der Waals surface area contributed by atoms with Crippen LogP contribution >= 0.6 is 0 Å². The van der Waals surface area contributed by atoms with Crippen molar-refractivity contribution in [2.24, 2.45) is 0 Å². The quantitative estimate of drug-likeness (QED) is 0.712. The van der Waals surface area contributed by atoms with Crippen molar-refractivity contribution in [2.75, 3.05) is 20.2 Å². The van der Waals surface area contributed by atoms with Crippen molar-refractivity contribution >= 4 is 0 Å². The molecule has 0 unspecified atom stereocenters. The van der Waals surface area contributed by atoms with Crippen LogP contribution in [-0.4, -0.2) is 34.5 Å². The number of nitrogens with one attached hydrogen (secondary N) is 2. The van der Waals surface area contributed by atoms with Gasteiger partial charge in [0.15, 0.2) is 11.6 Å². The predicted octanol–water partition coefficient (Wildman–Crippen LogP) is 1.42. The molecule has 27 heavy (non-hydrogen) atoms. The minimum Gasteiger partial charge on any atom is -0.494 e. The van der Waals surface area contributed by atoms with Gasteiger partial charge in [-0.3, -0.25) is 15.4 Å². The van der Waals surface area contributed by atoms with Gasteiger partial charge in [0.2, 0.25) is 0 Å². The smallest absolute Gasteiger partial charge is 0.350 e. The number of hydrogen-bond acceptors (Lipinski definition) is 5. The van der Waals surface area contributed by atoms with E-state index in [-0.39, 0.29) is 18.0 Å². The summed E-state index contributed by atoms with van der Waals surface area (Å²) in [6.07, 6.45) is 1.42. The lowest BCUT2D eigenvalue weighted by molar-refractivity contribution is 0.383. The van der Waals surface area contributed by atoms with E-state index >= 15 is 0 Å². The lowest BCUT2D eigenvalue weighted by Gasteiger charge is -2.09. The molecule has 2 N–H and O–H groups in total. The van der Waals surface area contributed by atoms with E-state index in [9.17, 15) is 9.18 Å². The Hall–Kier alpha value is -2.97. The molecule has 0 atom stereocenters. The Labute approximate surface area is 155 Å². The summed E-state index contributed by atoms with van der Waals surface area (Å²) in [7, 11) is 1.41. The van der Waals surface area contributed by atoms with E-state index in [1.165, 1.54) is 28.2 Å². The normalized spacial score (nSPS) is 14.6. The third kappa shape index (κ3) is 3.36. The molecule has 2 aromatic carbocycles. The number of rotatable bonds is 5. The van der Waals surface area contributed by atoms with Crippen LogP contribution in [0, 0.1) is 5.82 Å². The molecule has 0 amide bonds. The number of halogens is 1. The van der Waals surface area contributed by atoms with Crippen molar-refractivity contribution in [1.29, 1.82) is 0 Å². The number of nitrogens with zero attached hydrogens (tertiary/aromatic N) is 3. The standard InChI is InChI=1S/C19H20FN5O2/c1-27-17-4-2-3-14(18(17)20)11-24-12-23-25(19(24)26)16-7-5-13(6-8-16)15-9-21-22-10-15/h2-8,12,15,21-22H,9-11H2,1H3. The number of methoxy groups -OCH3 is 1. The molecule has 0 aliphatic carbocycles. The highest BCUT2D eigenvalue weighted by Gasteiger charge is 2.17. The second-order valence-electron chi connectivity index (χ2n) is 6.44. The van der Waals surface area contributed by atoms with Gasteiger partial charge in [-0.25, -0.2) is 9.18 Å². The van der Waals surface area contributed by atoms with E-state index in [1.54, 1.807) is 18.2 Å². The molecule has 1 aliphatic heterocycles. The summed E-state index contributed by atoms with van der Waals surface area (Å²) in [5, 5.41) is 4.17. The van der Waals surface area contributed by atoms with E-state index in [2.05, 4.69) is 16.0 Å². The highest BCUT2D eigenvalue weighted by Crippen LogP contribution is 2.21. The van der Waals surface area contributed by atoms with Crippen LogP contribution in [0.25, 0.3) is 5.69 Å². The molecule has 140 valence electrons. The summed E-state index contributed by atoms with van der Waals surface area (Å²) in [6, 6.07) is 12.6. The Balaban J connectivity index is 1.58. The number of ether oxygens (including phenoxy) is 1. The molecule has 1 fully saturated rings. The van der Waals surface area contributed by atoms with Crippen LogP contribution in [0.15, 0.2) is 53.6 Å². The molecule has 4 rings (SSSR count). The van der Waals surface area contributed by atoms with Crippen LogP contribution in [0.3, 0.4) is 0 Å². The minimum absolute atomic E-state index is 0.0827. The first kappa shape index (κ1) is 17.4. The van der Waals surface area contributed by atoms with E-state index in [0.29, 0.717) is 17.2 Å². The first-order chi connectivity index (χ1) is 13.2. The molecule has 0 spiro atoms. The fourth-order valence-electron chi connectivity index (χ4n) is 3.23. The maximum atomic E-state index is 14.3. The van der Waals surface area contributed by atoms with Gasteiger partial charge in [-0.15, -0.1) is 0 Å². The van der Waals surface area contributed by atoms with Crippen molar-refractivity contribution in [3.63, 3.8) is 0 Å². The van der Waals surface area contributed by atoms with Crippen molar-refractivity contribution < 1.29 is 9.13 Å². The number of aromatic nitrogens is 3. The van der Waals surface area contributed by atoms with E-state index in [1.807, 2.05) is 24.3 Å². The minimum atomic E-state index is -0.470. The van der Waals surface area contributed by atoms with Crippen LogP contribution in [-0.2, 0) is 6.54 Å². The van der Waals surface area contributed by atoms with Gasteiger partial charge in [0.1, 0.15) is 6.33 Å². The zero-order valence-electron chi connectivity index (χ0n) is 14.9. The van der Waals surface area contributed by atoms with Gasteiger partial charge in [-0.1, -0.05) is 24.3 Å². The number of benzene rings is 2. The summed E-state index contributed by atoms with van der Waals surface area (Å²) in [6.45, 7) is 1.83. The third-order valence-electron chi connectivity index (χ3n) is 4.77. The Kier molecular flexibility index (Phi) is 4.74. The zero-order chi connectivity index (χ0) is 18.8. The summed E-state index contributed by atoms with van der Waals surface area (Å²) < 4.78 is 22.0. The molecular weight excluding hydrogens is 349 g/mol. The van der Waals surface area contributed by atoms with E-state index in [0.717, 1.165) is 13.1 Å². The van der Waals surface area contributed by atoms with Crippen LogP contribution in [0.4, 0.5) is 4.39 Å². The molecule has 1 aromatic heterocycles. The van der Waals surface area contributed by atoms with Gasteiger partial charge in [-0.2, -0.15) is 9.78 Å². The molecule has 0 saturated carbocycles. The molecular formula is C19H20FN5O2. The lowest BCUT2D eigenvalue weighted by Crippen LogP contribution is -2.24. The lowest BCUT2D eigenvalue weighted by atomic mass is 10.0. The number of hydrogen-bond donors (Lipinski definition) is 2. The van der Waals surface area contributed by atoms with Gasteiger partial charge in [0.25, 0.3) is 0 Å². The number of hydrazine groups is 1. The first-order valence-corrected chi connectivity index (χ1v) is 8.69. The molecule has 7 nitrogen and oxygen atoms in total. The molecule has 1 aliphatic rings. The highest BCUT2D eigenvalue weighted by atomic mass is 19.1. The topological polar surface area (TPSA) is 73.1 Å². The average molecular weight is 369 g/mol. The van der Waals surface area contributed by atoms with Crippen LogP contribution in [0.1, 0.15) is 17.0 Å². The molecule has 2 heterocycles. The van der Waals surface area contributed by atoms with Crippen LogP contribution in [0.2, 0.25) is 0 Å². The third-order valence-corrected chi connectivity index (χ3v) is 4.77. The second-order valence-corrected chi connectivity index (χ2v) is 6.44. The Morgan fingerprint density at radius 3 is 2.63 bits per heavy atom. The summed E-state index contributed by atoms with van der Waals surface area (Å²) in [5.41, 5.74) is 8.12. The summed E-state index contributed by atoms with van der Waals surface area (Å²) >= 11 is 0. The van der Waals surface area contributed by atoms with Gasteiger partial charge in [0.05, 0.1) is 19.3 Å². The largest absolute Gasteiger partial charge is 0.494 e. The average Bonchev–Trinajstić information content (AvgIpc) is 3.35. The Morgan fingerprint density at radius 1 is 1.19 bits per heavy atom. The fourth-order valence-corrected chi connectivity index (χ4v) is 3.23. The molecule has 0 bridgehead atoms. The summed E-state index contributed by atoms with van der Waals surface area (Å²) in [5.74, 6) is 0.0894. The molecule has 0 radical (unpaired) electrons. The molecule has 8 heteroatoms.